The fraction of sp³-hybridized carbons (Fsp3) is 0.600. The number of halogens is 1. The van der Waals surface area contributed by atoms with Crippen molar-refractivity contribution in [2.24, 2.45) is 11.8 Å². The molecule has 1 aliphatic carbocycles. The first-order valence-electron chi connectivity index (χ1n) is 8.66. The Kier molecular flexibility index (Phi) is 6.48. The number of hydrogen-bond donors (Lipinski definition) is 0. The van der Waals surface area contributed by atoms with Gasteiger partial charge in [-0.25, -0.2) is 4.39 Å². The predicted molar refractivity (Wildman–Crippen MR) is 90.9 cm³/mol. The molecule has 0 aliphatic heterocycles. The lowest BCUT2D eigenvalue weighted by atomic mass is 9.80. The standard InChI is InChI=1S/C20H29FO/c1-4-6-16-8-10-17(11-9-16)14-22-20-13-19(21)18(7-5-2)12-15(20)3/h5,12-13,16-17H,2,4,6-11,14H2,1,3H3. The Morgan fingerprint density at radius 2 is 1.91 bits per heavy atom. The summed E-state index contributed by atoms with van der Waals surface area (Å²) in [6.07, 6.45) is 10.1. The van der Waals surface area contributed by atoms with Crippen LogP contribution in [0.5, 0.6) is 5.75 Å². The highest BCUT2D eigenvalue weighted by atomic mass is 19.1. The molecule has 0 amide bonds. The van der Waals surface area contributed by atoms with Gasteiger partial charge in [0.15, 0.2) is 0 Å². The molecule has 0 spiro atoms. The van der Waals surface area contributed by atoms with Gasteiger partial charge in [0, 0.05) is 6.07 Å². The summed E-state index contributed by atoms with van der Waals surface area (Å²) in [7, 11) is 0. The molecular formula is C20H29FO. The summed E-state index contributed by atoms with van der Waals surface area (Å²) in [6.45, 7) is 8.64. The Morgan fingerprint density at radius 3 is 2.55 bits per heavy atom. The lowest BCUT2D eigenvalue weighted by Gasteiger charge is -2.28. The van der Waals surface area contributed by atoms with E-state index < -0.39 is 0 Å². The van der Waals surface area contributed by atoms with Crippen molar-refractivity contribution in [2.75, 3.05) is 6.61 Å². The second-order valence-electron chi connectivity index (χ2n) is 6.69. The van der Waals surface area contributed by atoms with Gasteiger partial charge in [-0.05, 0) is 55.2 Å². The number of benzene rings is 1. The maximum absolute atomic E-state index is 14.0. The molecule has 2 heteroatoms. The SMILES string of the molecule is C=CCc1cc(C)c(OCC2CCC(CCC)CC2)cc1F. The lowest BCUT2D eigenvalue weighted by Crippen LogP contribution is -2.20. The second-order valence-corrected chi connectivity index (χ2v) is 6.69. The van der Waals surface area contributed by atoms with Crippen LogP contribution in [0.15, 0.2) is 24.8 Å². The normalized spacial score (nSPS) is 21.6. The van der Waals surface area contributed by atoms with Gasteiger partial charge in [-0.3, -0.25) is 0 Å². The zero-order valence-electron chi connectivity index (χ0n) is 14.0. The van der Waals surface area contributed by atoms with Crippen molar-refractivity contribution in [1.82, 2.24) is 0 Å². The quantitative estimate of drug-likeness (QED) is 0.574. The van der Waals surface area contributed by atoms with E-state index in [1.807, 2.05) is 13.0 Å². The third kappa shape index (κ3) is 4.59. The minimum absolute atomic E-state index is 0.188. The largest absolute Gasteiger partial charge is 0.493 e. The Morgan fingerprint density at radius 1 is 1.23 bits per heavy atom. The van der Waals surface area contributed by atoms with Gasteiger partial charge in [-0.2, -0.15) is 0 Å². The molecule has 1 aliphatic rings. The summed E-state index contributed by atoms with van der Waals surface area (Å²) >= 11 is 0. The fourth-order valence-electron chi connectivity index (χ4n) is 3.49. The Balaban J connectivity index is 1.87. The van der Waals surface area contributed by atoms with Gasteiger partial charge in [-0.1, -0.05) is 38.7 Å². The van der Waals surface area contributed by atoms with E-state index in [0.29, 0.717) is 23.7 Å². The van der Waals surface area contributed by atoms with Gasteiger partial charge in [0.25, 0.3) is 0 Å². The number of rotatable bonds is 7. The second kappa shape index (κ2) is 8.36. The molecular weight excluding hydrogens is 275 g/mol. The Labute approximate surface area is 134 Å². The van der Waals surface area contributed by atoms with Crippen LogP contribution in [0.25, 0.3) is 0 Å². The molecule has 22 heavy (non-hydrogen) atoms. The maximum Gasteiger partial charge on any atom is 0.130 e. The molecule has 2 rings (SSSR count). The van der Waals surface area contributed by atoms with Gasteiger partial charge in [0.2, 0.25) is 0 Å². The van der Waals surface area contributed by atoms with Gasteiger partial charge in [0.1, 0.15) is 11.6 Å². The summed E-state index contributed by atoms with van der Waals surface area (Å²) in [6, 6.07) is 3.42. The van der Waals surface area contributed by atoms with Crippen LogP contribution in [0.2, 0.25) is 0 Å². The average molecular weight is 304 g/mol. The first kappa shape index (κ1) is 17.1. The third-order valence-corrected chi connectivity index (χ3v) is 4.85. The number of allylic oxidation sites excluding steroid dienone is 1. The van der Waals surface area contributed by atoms with Crippen molar-refractivity contribution in [3.63, 3.8) is 0 Å². The third-order valence-electron chi connectivity index (χ3n) is 4.85. The predicted octanol–water partition coefficient (Wildman–Crippen LogP) is 5.85. The molecule has 1 nitrogen and oxygen atoms in total. The molecule has 0 N–H and O–H groups in total. The van der Waals surface area contributed by atoms with Crippen molar-refractivity contribution in [3.05, 3.63) is 41.7 Å². The summed E-state index contributed by atoms with van der Waals surface area (Å²) < 4.78 is 19.9. The molecule has 1 fully saturated rings. The van der Waals surface area contributed by atoms with Crippen molar-refractivity contribution < 1.29 is 9.13 Å². The lowest BCUT2D eigenvalue weighted by molar-refractivity contribution is 0.177. The summed E-state index contributed by atoms with van der Waals surface area (Å²) in [5.41, 5.74) is 1.71. The highest BCUT2D eigenvalue weighted by Crippen LogP contribution is 2.32. The van der Waals surface area contributed by atoms with Crippen LogP contribution in [-0.2, 0) is 6.42 Å². The van der Waals surface area contributed by atoms with Crippen LogP contribution in [0.3, 0.4) is 0 Å². The van der Waals surface area contributed by atoms with Crippen LogP contribution in [-0.4, -0.2) is 6.61 Å². The molecule has 1 aromatic carbocycles. The summed E-state index contributed by atoms with van der Waals surface area (Å²) in [4.78, 5) is 0. The molecule has 0 saturated heterocycles. The zero-order chi connectivity index (χ0) is 15.9. The molecule has 122 valence electrons. The van der Waals surface area contributed by atoms with Gasteiger partial charge in [0.05, 0.1) is 6.61 Å². The molecule has 1 aromatic rings. The van der Waals surface area contributed by atoms with E-state index in [1.54, 1.807) is 6.08 Å². The van der Waals surface area contributed by atoms with E-state index in [-0.39, 0.29) is 5.82 Å². The van der Waals surface area contributed by atoms with Crippen LogP contribution >= 0.6 is 0 Å². The van der Waals surface area contributed by atoms with E-state index in [9.17, 15) is 4.39 Å². The van der Waals surface area contributed by atoms with E-state index in [4.69, 9.17) is 4.74 Å². The summed E-state index contributed by atoms with van der Waals surface area (Å²) in [5, 5.41) is 0. The van der Waals surface area contributed by atoms with Crippen LogP contribution < -0.4 is 4.74 Å². The van der Waals surface area contributed by atoms with Crippen molar-refractivity contribution in [2.45, 2.75) is 58.8 Å². The molecule has 0 bridgehead atoms. The molecule has 0 aromatic heterocycles. The van der Waals surface area contributed by atoms with Crippen molar-refractivity contribution >= 4 is 0 Å². The van der Waals surface area contributed by atoms with E-state index >= 15 is 0 Å². The molecule has 0 unspecified atom stereocenters. The Hall–Kier alpha value is -1.31. The van der Waals surface area contributed by atoms with Gasteiger partial charge in [-0.15, -0.1) is 6.58 Å². The monoisotopic (exact) mass is 304 g/mol. The molecule has 0 radical (unpaired) electrons. The fourth-order valence-corrected chi connectivity index (χ4v) is 3.49. The van der Waals surface area contributed by atoms with Crippen LogP contribution in [0, 0.1) is 24.6 Å². The highest BCUT2D eigenvalue weighted by molar-refractivity contribution is 5.38. The number of hydrogen-bond acceptors (Lipinski definition) is 1. The minimum atomic E-state index is -0.188. The zero-order valence-corrected chi connectivity index (χ0v) is 14.0. The van der Waals surface area contributed by atoms with Crippen LogP contribution in [0.1, 0.15) is 56.6 Å². The van der Waals surface area contributed by atoms with E-state index in [0.717, 1.165) is 18.1 Å². The van der Waals surface area contributed by atoms with Crippen LogP contribution in [0.4, 0.5) is 4.39 Å². The van der Waals surface area contributed by atoms with E-state index in [2.05, 4.69) is 13.5 Å². The summed E-state index contributed by atoms with van der Waals surface area (Å²) in [5.74, 6) is 2.05. The van der Waals surface area contributed by atoms with Gasteiger partial charge < -0.3 is 4.74 Å². The molecule has 1 saturated carbocycles. The topological polar surface area (TPSA) is 9.23 Å². The number of ether oxygens (including phenoxy) is 1. The minimum Gasteiger partial charge on any atom is -0.493 e. The van der Waals surface area contributed by atoms with E-state index in [1.165, 1.54) is 44.6 Å². The van der Waals surface area contributed by atoms with Gasteiger partial charge >= 0.3 is 0 Å². The molecule has 0 atom stereocenters. The number of aryl methyl sites for hydroxylation is 1. The highest BCUT2D eigenvalue weighted by Gasteiger charge is 2.21. The maximum atomic E-state index is 14.0. The first-order chi connectivity index (χ1) is 10.6. The van der Waals surface area contributed by atoms with Crippen molar-refractivity contribution in [3.8, 4) is 5.75 Å². The first-order valence-corrected chi connectivity index (χ1v) is 8.66. The Bertz CT molecular complexity index is 487. The molecule has 0 heterocycles. The smallest absolute Gasteiger partial charge is 0.130 e. The van der Waals surface area contributed by atoms with Crippen molar-refractivity contribution in [1.29, 1.82) is 0 Å². The average Bonchev–Trinajstić information content (AvgIpc) is 2.51.